The third kappa shape index (κ3) is 10.3. The largest absolute Gasteiger partial charge is 0.426 e. The lowest BCUT2D eigenvalue weighted by Gasteiger charge is -2.27. The van der Waals surface area contributed by atoms with E-state index in [1.165, 1.54) is 0 Å². The van der Waals surface area contributed by atoms with E-state index in [9.17, 15) is 4.79 Å². The molecule has 0 unspecified atom stereocenters. The predicted molar refractivity (Wildman–Crippen MR) is 107 cm³/mol. The standard InChI is InChI=1S/C16H27O4PS.C2H6/c1-7-11-14(20-21(18-9-3)19-10-4)13(8-2)16(5,6)12-15(17)22;1-2/h7-8,11H,2,9-10,12H2,1,3-6H3,(H,17,22);1-2H3/b11-7-,14-13-;. The summed E-state index contributed by atoms with van der Waals surface area (Å²) in [4.78, 5) is 11.4. The highest BCUT2D eigenvalue weighted by atomic mass is 32.1. The minimum absolute atomic E-state index is 0.180. The Hall–Kier alpha value is -0.610. The first-order valence-electron chi connectivity index (χ1n) is 8.27. The first-order chi connectivity index (χ1) is 11.3. The van der Waals surface area contributed by atoms with Crippen molar-refractivity contribution in [2.75, 3.05) is 13.2 Å². The van der Waals surface area contributed by atoms with Crippen molar-refractivity contribution in [2.24, 2.45) is 5.41 Å². The summed E-state index contributed by atoms with van der Waals surface area (Å²) >= 11 is 3.88. The normalized spacial score (nSPS) is 12.5. The second-order valence-corrected chi connectivity index (χ2v) is 6.73. The van der Waals surface area contributed by atoms with E-state index in [-0.39, 0.29) is 11.5 Å². The molecule has 0 fully saturated rings. The molecule has 0 aliphatic heterocycles. The predicted octanol–water partition coefficient (Wildman–Crippen LogP) is 6.22. The third-order valence-corrected chi connectivity index (χ3v) is 4.19. The Morgan fingerprint density at radius 1 is 1.21 bits per heavy atom. The molecule has 6 heteroatoms. The Morgan fingerprint density at radius 2 is 1.71 bits per heavy atom. The van der Waals surface area contributed by atoms with Gasteiger partial charge < -0.3 is 13.6 Å². The monoisotopic (exact) mass is 376 g/mol. The average Bonchev–Trinajstić information content (AvgIpc) is 2.49. The van der Waals surface area contributed by atoms with E-state index in [0.717, 1.165) is 5.57 Å². The number of carbonyl (C=O) groups is 1. The molecule has 0 saturated heterocycles. The summed E-state index contributed by atoms with van der Waals surface area (Å²) in [5.74, 6) is 0.602. The van der Waals surface area contributed by atoms with E-state index in [1.807, 2.05) is 60.6 Å². The van der Waals surface area contributed by atoms with Gasteiger partial charge in [0.25, 0.3) is 0 Å². The maximum absolute atomic E-state index is 11.4. The Bertz CT molecular complexity index is 425. The third-order valence-electron chi connectivity index (χ3n) is 2.75. The van der Waals surface area contributed by atoms with Gasteiger partial charge in [-0.25, -0.2) is 0 Å². The molecular weight excluding hydrogens is 343 g/mol. The SMILES string of the molecule is C=C/C(=C(\C=C/C)OP(OCC)OCC)C(C)(C)CC(=O)S.CC. The summed E-state index contributed by atoms with van der Waals surface area (Å²) in [7, 11) is -1.48. The number of allylic oxidation sites excluding steroid dienone is 4. The van der Waals surface area contributed by atoms with Crippen LogP contribution in [-0.4, -0.2) is 18.3 Å². The fraction of sp³-hybridized carbons (Fsp3) is 0.611. The van der Waals surface area contributed by atoms with Crippen LogP contribution < -0.4 is 0 Å². The van der Waals surface area contributed by atoms with Crippen molar-refractivity contribution in [2.45, 2.75) is 54.9 Å². The maximum atomic E-state index is 11.4. The van der Waals surface area contributed by atoms with Crippen molar-refractivity contribution in [3.05, 3.63) is 36.1 Å². The van der Waals surface area contributed by atoms with Crippen LogP contribution in [0.25, 0.3) is 0 Å². The van der Waals surface area contributed by atoms with Crippen LogP contribution in [0.5, 0.6) is 0 Å². The van der Waals surface area contributed by atoms with E-state index in [1.54, 1.807) is 6.08 Å². The molecule has 24 heavy (non-hydrogen) atoms. The lowest BCUT2D eigenvalue weighted by Crippen LogP contribution is -2.18. The second-order valence-electron chi connectivity index (χ2n) is 5.09. The summed E-state index contributed by atoms with van der Waals surface area (Å²) < 4.78 is 16.9. The number of thiol groups is 1. The highest BCUT2D eigenvalue weighted by molar-refractivity contribution is 7.96. The molecule has 4 nitrogen and oxygen atoms in total. The van der Waals surface area contributed by atoms with Gasteiger partial charge in [0.2, 0.25) is 0 Å². The highest BCUT2D eigenvalue weighted by Crippen LogP contribution is 2.45. The zero-order valence-electron chi connectivity index (χ0n) is 16.1. The van der Waals surface area contributed by atoms with Crippen molar-refractivity contribution >= 4 is 26.3 Å². The van der Waals surface area contributed by atoms with E-state index < -0.39 is 14.0 Å². The van der Waals surface area contributed by atoms with Gasteiger partial charge in [-0.05, 0) is 26.8 Å². The lowest BCUT2D eigenvalue weighted by molar-refractivity contribution is -0.112. The van der Waals surface area contributed by atoms with Crippen LogP contribution in [0.2, 0.25) is 0 Å². The molecule has 0 amide bonds. The minimum atomic E-state index is -1.48. The molecule has 0 rings (SSSR count). The number of hydrogen-bond acceptors (Lipinski definition) is 4. The van der Waals surface area contributed by atoms with Crippen LogP contribution in [0.1, 0.15) is 54.9 Å². The highest BCUT2D eigenvalue weighted by Gasteiger charge is 2.28. The van der Waals surface area contributed by atoms with Crippen molar-refractivity contribution < 1.29 is 18.4 Å². The van der Waals surface area contributed by atoms with E-state index in [2.05, 4.69) is 19.2 Å². The molecule has 0 aromatic carbocycles. The number of rotatable bonds is 11. The smallest absolute Gasteiger partial charge is 0.397 e. The van der Waals surface area contributed by atoms with Crippen LogP contribution in [0, 0.1) is 5.41 Å². The van der Waals surface area contributed by atoms with E-state index in [0.29, 0.717) is 19.0 Å². The van der Waals surface area contributed by atoms with Gasteiger partial charge in [-0.1, -0.05) is 46.4 Å². The first kappa shape index (κ1) is 25.6. The molecule has 0 radical (unpaired) electrons. The maximum Gasteiger partial charge on any atom is 0.397 e. The van der Waals surface area contributed by atoms with Crippen LogP contribution >= 0.6 is 21.2 Å². The summed E-state index contributed by atoms with van der Waals surface area (Å²) in [6.45, 7) is 18.4. The van der Waals surface area contributed by atoms with Crippen LogP contribution in [-0.2, 0) is 18.4 Å². The fourth-order valence-electron chi connectivity index (χ4n) is 1.89. The molecule has 0 atom stereocenters. The molecule has 0 heterocycles. The zero-order chi connectivity index (χ0) is 19.2. The average molecular weight is 376 g/mol. The van der Waals surface area contributed by atoms with Gasteiger partial charge in [0, 0.05) is 17.4 Å². The van der Waals surface area contributed by atoms with Crippen molar-refractivity contribution in [3.63, 3.8) is 0 Å². The lowest BCUT2D eigenvalue weighted by atomic mass is 9.80. The first-order valence-corrected chi connectivity index (χ1v) is 9.82. The van der Waals surface area contributed by atoms with Gasteiger partial charge >= 0.3 is 8.60 Å². The molecule has 140 valence electrons. The number of hydrogen-bond donors (Lipinski definition) is 1. The van der Waals surface area contributed by atoms with Gasteiger partial charge in [0.05, 0.1) is 13.2 Å². The van der Waals surface area contributed by atoms with Crippen LogP contribution in [0.4, 0.5) is 0 Å². The van der Waals surface area contributed by atoms with Gasteiger partial charge in [0.1, 0.15) is 5.76 Å². The summed E-state index contributed by atoms with van der Waals surface area (Å²) in [6.07, 6.45) is 5.68. The molecule has 0 aliphatic rings. The summed E-state index contributed by atoms with van der Waals surface area (Å²) in [5, 5.41) is -0.180. The molecule has 0 N–H and O–H groups in total. The molecule has 0 aromatic rings. The minimum Gasteiger partial charge on any atom is -0.426 e. The zero-order valence-corrected chi connectivity index (χ0v) is 17.9. The molecular formula is C18H33O4PS. The summed E-state index contributed by atoms with van der Waals surface area (Å²) in [5.41, 5.74) is 0.370. The van der Waals surface area contributed by atoms with E-state index >= 15 is 0 Å². The van der Waals surface area contributed by atoms with Crippen molar-refractivity contribution in [1.29, 1.82) is 0 Å². The quantitative estimate of drug-likeness (QED) is 0.201. The van der Waals surface area contributed by atoms with Gasteiger partial charge in [-0.15, -0.1) is 12.6 Å². The topological polar surface area (TPSA) is 44.8 Å². The molecule has 0 bridgehead atoms. The van der Waals surface area contributed by atoms with Gasteiger partial charge in [-0.2, -0.15) is 0 Å². The molecule has 0 aromatic heterocycles. The Morgan fingerprint density at radius 3 is 2.04 bits per heavy atom. The van der Waals surface area contributed by atoms with Crippen LogP contribution in [0.3, 0.4) is 0 Å². The van der Waals surface area contributed by atoms with Gasteiger partial charge in [0.15, 0.2) is 5.12 Å². The Labute approximate surface area is 154 Å². The summed E-state index contributed by atoms with van der Waals surface area (Å²) in [6, 6.07) is 0. The van der Waals surface area contributed by atoms with Crippen molar-refractivity contribution in [3.8, 4) is 0 Å². The van der Waals surface area contributed by atoms with Crippen LogP contribution in [0.15, 0.2) is 36.1 Å². The Balaban J connectivity index is 0. The van der Waals surface area contributed by atoms with E-state index in [4.69, 9.17) is 13.6 Å². The molecule has 0 aliphatic carbocycles. The second kappa shape index (κ2) is 14.7. The van der Waals surface area contributed by atoms with Gasteiger partial charge in [-0.3, -0.25) is 4.79 Å². The molecule has 0 saturated carbocycles. The van der Waals surface area contributed by atoms with Crippen molar-refractivity contribution in [1.82, 2.24) is 0 Å². The molecule has 0 spiro atoms. The Kier molecular flexibility index (Phi) is 15.7. The fourth-order valence-corrected chi connectivity index (χ4v) is 3.20. The number of carbonyl (C=O) groups excluding carboxylic acids is 1.